The fourth-order valence-corrected chi connectivity index (χ4v) is 3.17. The van der Waals surface area contributed by atoms with Gasteiger partial charge < -0.3 is 15.0 Å². The first-order valence-electron chi connectivity index (χ1n) is 6.39. The third kappa shape index (κ3) is 3.23. The van der Waals surface area contributed by atoms with Gasteiger partial charge in [-0.25, -0.2) is 4.79 Å². The lowest BCUT2D eigenvalue weighted by Gasteiger charge is -2.24. The Balaban J connectivity index is 1.85. The number of methoxy groups -OCH3 is 1. The van der Waals surface area contributed by atoms with Crippen molar-refractivity contribution < 1.29 is 9.53 Å². The lowest BCUT2D eigenvalue weighted by Crippen LogP contribution is -2.39. The molecule has 0 radical (unpaired) electrons. The van der Waals surface area contributed by atoms with Gasteiger partial charge in [0, 0.05) is 31.7 Å². The Morgan fingerprint density at radius 3 is 3.28 bits per heavy atom. The minimum Gasteiger partial charge on any atom is -0.385 e. The lowest BCUT2D eigenvalue weighted by atomic mass is 10.2. The highest BCUT2D eigenvalue weighted by Gasteiger charge is 2.30. The summed E-state index contributed by atoms with van der Waals surface area (Å²) in [5.41, 5.74) is 0. The summed E-state index contributed by atoms with van der Waals surface area (Å²) in [5, 5.41) is 5.03. The van der Waals surface area contributed by atoms with Gasteiger partial charge in [0.2, 0.25) is 0 Å². The van der Waals surface area contributed by atoms with E-state index in [1.165, 1.54) is 4.88 Å². The van der Waals surface area contributed by atoms with Crippen LogP contribution in [0.15, 0.2) is 17.5 Å². The predicted octanol–water partition coefficient (Wildman–Crippen LogP) is 2.63. The quantitative estimate of drug-likeness (QED) is 0.834. The second-order valence-electron chi connectivity index (χ2n) is 4.45. The maximum Gasteiger partial charge on any atom is 0.317 e. The largest absolute Gasteiger partial charge is 0.385 e. The SMILES string of the molecule is COCCCNC(=O)N1CCC[C@@H]1c1cccs1. The first-order valence-corrected chi connectivity index (χ1v) is 7.27. The average Bonchev–Trinajstić information content (AvgIpc) is 3.02. The number of thiophene rings is 1. The van der Waals surface area contributed by atoms with Gasteiger partial charge in [-0.2, -0.15) is 0 Å². The number of rotatable bonds is 5. The van der Waals surface area contributed by atoms with Gasteiger partial charge in [0.1, 0.15) is 0 Å². The number of carbonyl (C=O) groups is 1. The van der Waals surface area contributed by atoms with Gasteiger partial charge in [-0.05, 0) is 30.7 Å². The number of hydrogen-bond donors (Lipinski definition) is 1. The summed E-state index contributed by atoms with van der Waals surface area (Å²) >= 11 is 1.73. The fraction of sp³-hybridized carbons (Fsp3) is 0.615. The number of nitrogens with zero attached hydrogens (tertiary/aromatic N) is 1. The highest BCUT2D eigenvalue weighted by atomic mass is 32.1. The average molecular weight is 268 g/mol. The molecule has 2 heterocycles. The molecule has 1 N–H and O–H groups in total. The van der Waals surface area contributed by atoms with E-state index in [2.05, 4.69) is 16.8 Å². The van der Waals surface area contributed by atoms with E-state index >= 15 is 0 Å². The van der Waals surface area contributed by atoms with Crippen LogP contribution in [0.25, 0.3) is 0 Å². The topological polar surface area (TPSA) is 41.6 Å². The first kappa shape index (κ1) is 13.4. The smallest absolute Gasteiger partial charge is 0.317 e. The number of nitrogens with one attached hydrogen (secondary N) is 1. The minimum atomic E-state index is 0.0574. The van der Waals surface area contributed by atoms with Crippen LogP contribution in [-0.2, 0) is 4.74 Å². The number of ether oxygens (including phenoxy) is 1. The van der Waals surface area contributed by atoms with Crippen LogP contribution in [0.5, 0.6) is 0 Å². The van der Waals surface area contributed by atoms with E-state index in [1.807, 2.05) is 11.0 Å². The second-order valence-corrected chi connectivity index (χ2v) is 5.42. The van der Waals surface area contributed by atoms with Crippen molar-refractivity contribution in [2.75, 3.05) is 26.8 Å². The number of likely N-dealkylation sites (tertiary alicyclic amines) is 1. The highest BCUT2D eigenvalue weighted by molar-refractivity contribution is 7.10. The Morgan fingerprint density at radius 2 is 2.56 bits per heavy atom. The molecule has 0 aliphatic carbocycles. The monoisotopic (exact) mass is 268 g/mol. The fourth-order valence-electron chi connectivity index (χ4n) is 2.30. The van der Waals surface area contributed by atoms with Crippen LogP contribution >= 0.6 is 11.3 Å². The number of carbonyl (C=O) groups excluding carboxylic acids is 1. The molecule has 0 aromatic carbocycles. The molecule has 1 aliphatic heterocycles. The van der Waals surface area contributed by atoms with Gasteiger partial charge >= 0.3 is 6.03 Å². The van der Waals surface area contributed by atoms with Gasteiger partial charge in [-0.1, -0.05) is 6.07 Å². The van der Waals surface area contributed by atoms with Crippen molar-refractivity contribution >= 4 is 17.4 Å². The summed E-state index contributed by atoms with van der Waals surface area (Å²) in [6.07, 6.45) is 3.03. The van der Waals surface area contributed by atoms with Crippen molar-refractivity contribution in [1.82, 2.24) is 10.2 Å². The van der Waals surface area contributed by atoms with Crippen LogP contribution < -0.4 is 5.32 Å². The van der Waals surface area contributed by atoms with Gasteiger partial charge in [-0.15, -0.1) is 11.3 Å². The Hall–Kier alpha value is -1.07. The van der Waals surface area contributed by atoms with Crippen molar-refractivity contribution in [2.45, 2.75) is 25.3 Å². The summed E-state index contributed by atoms with van der Waals surface area (Å²) in [6, 6.07) is 4.49. The Morgan fingerprint density at radius 1 is 1.67 bits per heavy atom. The van der Waals surface area contributed by atoms with Crippen LogP contribution in [0.4, 0.5) is 4.79 Å². The zero-order valence-corrected chi connectivity index (χ0v) is 11.5. The maximum atomic E-state index is 12.1. The zero-order chi connectivity index (χ0) is 12.8. The van der Waals surface area contributed by atoms with E-state index < -0.39 is 0 Å². The van der Waals surface area contributed by atoms with E-state index in [9.17, 15) is 4.79 Å². The van der Waals surface area contributed by atoms with E-state index in [0.29, 0.717) is 13.2 Å². The Kier molecular flexibility index (Phi) is 5.01. The third-order valence-electron chi connectivity index (χ3n) is 3.19. The molecule has 1 saturated heterocycles. The maximum absolute atomic E-state index is 12.1. The zero-order valence-electron chi connectivity index (χ0n) is 10.7. The van der Waals surface area contributed by atoms with Crippen molar-refractivity contribution in [3.63, 3.8) is 0 Å². The molecule has 0 bridgehead atoms. The molecule has 18 heavy (non-hydrogen) atoms. The van der Waals surface area contributed by atoms with Crippen LogP contribution in [0, 0.1) is 0 Å². The van der Waals surface area contributed by atoms with Crippen molar-refractivity contribution in [3.8, 4) is 0 Å². The highest BCUT2D eigenvalue weighted by Crippen LogP contribution is 2.34. The molecule has 2 amide bonds. The molecule has 1 aromatic heterocycles. The van der Waals surface area contributed by atoms with Crippen molar-refractivity contribution in [2.24, 2.45) is 0 Å². The third-order valence-corrected chi connectivity index (χ3v) is 4.16. The van der Waals surface area contributed by atoms with E-state index in [1.54, 1.807) is 18.4 Å². The molecule has 0 saturated carbocycles. The van der Waals surface area contributed by atoms with Crippen LogP contribution in [0.3, 0.4) is 0 Å². The lowest BCUT2D eigenvalue weighted by molar-refractivity contribution is 0.183. The molecule has 1 atom stereocenters. The van der Waals surface area contributed by atoms with E-state index in [4.69, 9.17) is 4.74 Å². The minimum absolute atomic E-state index is 0.0574. The van der Waals surface area contributed by atoms with Crippen LogP contribution in [0.1, 0.15) is 30.2 Å². The number of amides is 2. The van der Waals surface area contributed by atoms with Crippen LogP contribution in [0.2, 0.25) is 0 Å². The molecule has 1 fully saturated rings. The molecule has 4 nitrogen and oxygen atoms in total. The van der Waals surface area contributed by atoms with Crippen molar-refractivity contribution in [3.05, 3.63) is 22.4 Å². The predicted molar refractivity (Wildman–Crippen MR) is 72.9 cm³/mol. The molecular formula is C13H20N2O2S. The Bertz CT molecular complexity index is 367. The van der Waals surface area contributed by atoms with Gasteiger partial charge in [0.15, 0.2) is 0 Å². The molecule has 5 heteroatoms. The van der Waals surface area contributed by atoms with E-state index in [-0.39, 0.29) is 12.1 Å². The van der Waals surface area contributed by atoms with Gasteiger partial charge in [-0.3, -0.25) is 0 Å². The molecular weight excluding hydrogens is 248 g/mol. The molecule has 1 aliphatic rings. The molecule has 1 aromatic rings. The summed E-state index contributed by atoms with van der Waals surface area (Å²) in [7, 11) is 1.68. The summed E-state index contributed by atoms with van der Waals surface area (Å²) in [6.45, 7) is 2.23. The van der Waals surface area contributed by atoms with E-state index in [0.717, 1.165) is 25.8 Å². The first-order chi connectivity index (χ1) is 8.83. The normalized spacial score (nSPS) is 19.2. The molecule has 100 valence electrons. The second kappa shape index (κ2) is 6.75. The van der Waals surface area contributed by atoms with Gasteiger partial charge in [0.05, 0.1) is 6.04 Å². The molecule has 2 rings (SSSR count). The molecule has 0 unspecified atom stereocenters. The summed E-state index contributed by atoms with van der Waals surface area (Å²) in [5.74, 6) is 0. The Labute approximate surface area is 112 Å². The molecule has 0 spiro atoms. The summed E-state index contributed by atoms with van der Waals surface area (Å²) in [4.78, 5) is 15.3. The van der Waals surface area contributed by atoms with Gasteiger partial charge in [0.25, 0.3) is 0 Å². The van der Waals surface area contributed by atoms with Crippen molar-refractivity contribution in [1.29, 1.82) is 0 Å². The van der Waals surface area contributed by atoms with Crippen LogP contribution in [-0.4, -0.2) is 37.7 Å². The standard InChI is InChI=1S/C13H20N2O2S/c1-17-9-4-7-14-13(16)15-8-2-5-11(15)12-6-3-10-18-12/h3,6,10-11H,2,4-5,7-9H2,1H3,(H,14,16)/t11-/m1/s1. The summed E-state index contributed by atoms with van der Waals surface area (Å²) < 4.78 is 4.97. The number of hydrogen-bond acceptors (Lipinski definition) is 3. The number of urea groups is 1.